The Hall–Kier alpha value is -7.79. The van der Waals surface area contributed by atoms with Crippen molar-refractivity contribution in [1.82, 2.24) is 22.8 Å². The number of rotatable bonds is 15. The molecule has 0 fully saturated rings. The molecular formula is C66H72Br4F5N7O12. The van der Waals surface area contributed by atoms with Gasteiger partial charge in [0.15, 0.2) is 0 Å². The molecule has 0 aliphatic carbocycles. The zero-order valence-corrected chi connectivity index (χ0v) is 60.6. The molecule has 0 bridgehead atoms. The number of carbonyl (C=O) groups excluding carboxylic acids is 3. The monoisotopic (exact) mass is 1570 g/mol. The minimum absolute atomic E-state index is 0.0695. The molecule has 0 saturated heterocycles. The Morgan fingerprint density at radius 1 is 0.468 bits per heavy atom. The smallest absolute Gasteiger partial charge is 0.312 e. The maximum absolute atomic E-state index is 14.2. The van der Waals surface area contributed by atoms with Crippen LogP contribution in [0.5, 0.6) is 28.7 Å². The number of benzene rings is 5. The van der Waals surface area contributed by atoms with Gasteiger partial charge in [-0.25, -0.2) is 22.0 Å². The topological polar surface area (TPSA) is 230 Å². The number of esters is 2. The summed E-state index contributed by atoms with van der Waals surface area (Å²) in [5.74, 6) is -2.92. The highest BCUT2D eigenvalue weighted by molar-refractivity contribution is 9.11. The van der Waals surface area contributed by atoms with Crippen molar-refractivity contribution in [3.8, 4) is 28.7 Å². The molecule has 94 heavy (non-hydrogen) atoms. The number of ether oxygens (including phenoxy) is 7. The van der Waals surface area contributed by atoms with Gasteiger partial charge in [-0.05, 0) is 161 Å². The number of halogens is 9. The molecule has 0 aliphatic rings. The number of fused-ring (bicyclic) bond motifs is 5. The second kappa shape index (κ2) is 31.6. The fraction of sp³-hybridized carbons (Fsp3) is 0.333. The summed E-state index contributed by atoms with van der Waals surface area (Å²) in [7, 11) is 18.9. The lowest BCUT2D eigenvalue weighted by atomic mass is 9.99. The van der Waals surface area contributed by atoms with E-state index in [-0.39, 0.29) is 47.5 Å². The lowest BCUT2D eigenvalue weighted by molar-refractivity contribution is -0.142. The van der Waals surface area contributed by atoms with Gasteiger partial charge in [-0.1, -0.05) is 6.92 Å². The standard InChI is InChI=1S/C14H15BrFNO3.C13H14BrFN2O2.2C13H13BrFNO3.C13H17FN2O/c1-7(14(18)20-4)8-6-17(2)12-10(16)5-9(15)13(19-3)11(8)12;1-6(13(16)18)7-5-17(2)11-9(15)4-8(14)12(19-3)10(7)11;1-16-6-7(4-10(17)18-2)11-12(16)9(15)5-8(14)13(11)19-3;1-6(13(17)18)7-5-16(2)11-9(15)4-8(14)12(19-3)10(7)11;1-8(6-15)9-7-16(2)13-10(14)4-5-11(17-3)12(9)13/h5-7H,1-4H3;4-6H,1-3H3,(H2,16,18);5-6H,4H2,1-3H3;4-6H,1-3H3,(H,17,18);4-5,7-8H,6,15H2,1-3H3. The van der Waals surface area contributed by atoms with E-state index in [4.69, 9.17) is 45.0 Å². The molecule has 10 rings (SSSR count). The molecular weight excluding hydrogens is 1500 g/mol. The lowest BCUT2D eigenvalue weighted by Crippen LogP contribution is -2.18. The Morgan fingerprint density at radius 3 is 1.15 bits per heavy atom. The molecule has 1 amide bonds. The van der Waals surface area contributed by atoms with E-state index in [0.717, 1.165) is 10.9 Å². The maximum Gasteiger partial charge on any atom is 0.312 e. The van der Waals surface area contributed by atoms with E-state index in [0.29, 0.717) is 125 Å². The Labute approximate surface area is 572 Å². The highest BCUT2D eigenvalue weighted by Gasteiger charge is 2.29. The number of nitrogens with zero attached hydrogens (tertiary/aromatic N) is 5. The zero-order valence-electron chi connectivity index (χ0n) is 54.3. The number of primary amides is 1. The third-order valence-electron chi connectivity index (χ3n) is 15.9. The Kier molecular flexibility index (Phi) is 25.3. The minimum atomic E-state index is -0.963. The van der Waals surface area contributed by atoms with Crippen molar-refractivity contribution in [1.29, 1.82) is 0 Å². The van der Waals surface area contributed by atoms with Crippen LogP contribution in [0.2, 0.25) is 0 Å². The van der Waals surface area contributed by atoms with Crippen LogP contribution in [-0.4, -0.2) is 108 Å². The van der Waals surface area contributed by atoms with Crippen molar-refractivity contribution >= 4 is 142 Å². The number of methoxy groups -OCH3 is 7. The number of aliphatic carboxylic acids is 1. The number of amides is 1. The van der Waals surface area contributed by atoms with Gasteiger partial charge in [-0.2, -0.15) is 0 Å². The molecule has 28 heteroatoms. The van der Waals surface area contributed by atoms with Crippen LogP contribution in [0.4, 0.5) is 22.0 Å². The van der Waals surface area contributed by atoms with Crippen LogP contribution < -0.4 is 35.2 Å². The van der Waals surface area contributed by atoms with Crippen LogP contribution in [0.25, 0.3) is 54.5 Å². The van der Waals surface area contributed by atoms with Gasteiger partial charge in [0.1, 0.15) is 57.8 Å². The summed E-state index contributed by atoms with van der Waals surface area (Å²) >= 11 is 13.1. The van der Waals surface area contributed by atoms with Crippen molar-refractivity contribution in [3.05, 3.63) is 142 Å². The van der Waals surface area contributed by atoms with Crippen molar-refractivity contribution in [2.75, 3.05) is 56.3 Å². The van der Waals surface area contributed by atoms with E-state index in [1.165, 1.54) is 73.0 Å². The summed E-state index contributed by atoms with van der Waals surface area (Å²) in [5.41, 5.74) is 16.7. The van der Waals surface area contributed by atoms with E-state index in [9.17, 15) is 41.1 Å². The average molecular weight is 1570 g/mol. The second-order valence-electron chi connectivity index (χ2n) is 21.7. The number of carboxylic acid groups (broad SMARTS) is 1. The zero-order chi connectivity index (χ0) is 70.4. The first-order valence-electron chi connectivity index (χ1n) is 28.5. The van der Waals surface area contributed by atoms with Crippen LogP contribution in [0.3, 0.4) is 0 Å². The summed E-state index contributed by atoms with van der Waals surface area (Å²) in [6.45, 7) is 7.53. The number of hydrogen-bond acceptors (Lipinski definition) is 12. The van der Waals surface area contributed by atoms with Crippen LogP contribution in [0.15, 0.2) is 85.3 Å². The molecule has 5 aromatic heterocycles. The molecule has 506 valence electrons. The predicted octanol–water partition coefficient (Wildman–Crippen LogP) is 14.5. The highest BCUT2D eigenvalue weighted by atomic mass is 79.9. The van der Waals surface area contributed by atoms with E-state index >= 15 is 0 Å². The molecule has 19 nitrogen and oxygen atoms in total. The van der Waals surface area contributed by atoms with Gasteiger partial charge in [-0.15, -0.1) is 0 Å². The Balaban J connectivity index is 0.000000186. The third-order valence-corrected chi connectivity index (χ3v) is 18.2. The van der Waals surface area contributed by atoms with Gasteiger partial charge in [-0.3, -0.25) is 19.2 Å². The normalized spacial score (nSPS) is 12.3. The first-order chi connectivity index (χ1) is 44.3. The van der Waals surface area contributed by atoms with Crippen molar-refractivity contribution in [2.45, 2.75) is 57.8 Å². The minimum Gasteiger partial charge on any atom is -0.496 e. The van der Waals surface area contributed by atoms with Crippen LogP contribution >= 0.6 is 63.7 Å². The molecule has 4 atom stereocenters. The SMILES string of the molecule is COC(=O)C(C)c1cn(C)c2c(F)cc(Br)c(OC)c12.COC(=O)Cc1cn(C)c2c(F)cc(Br)c(OC)c12.COc1c(Br)cc(F)c2c1c(C(C)C(=O)O)cn2C.COc1c(Br)cc(F)c2c1c(C(C)C(N)=O)cn2C.COc1ccc(F)c2c1c(C(C)CN)cn2C. The van der Waals surface area contributed by atoms with Gasteiger partial charge in [0.05, 0.1) is 119 Å². The van der Waals surface area contributed by atoms with Crippen molar-refractivity contribution in [2.24, 2.45) is 46.7 Å². The molecule has 4 unspecified atom stereocenters. The Morgan fingerprint density at radius 2 is 0.809 bits per heavy atom. The molecule has 5 aromatic carbocycles. The average Bonchev–Trinajstić information content (AvgIpc) is 1.69. The van der Waals surface area contributed by atoms with Gasteiger partial charge < -0.3 is 72.6 Å². The van der Waals surface area contributed by atoms with Crippen LogP contribution in [0, 0.1) is 29.1 Å². The van der Waals surface area contributed by atoms with Gasteiger partial charge in [0.25, 0.3) is 0 Å². The fourth-order valence-electron chi connectivity index (χ4n) is 11.1. The lowest BCUT2D eigenvalue weighted by Gasteiger charge is -2.11. The number of aryl methyl sites for hydroxylation is 5. The van der Waals surface area contributed by atoms with E-state index in [1.54, 1.807) is 110 Å². The number of aromatic nitrogens is 5. The highest BCUT2D eigenvalue weighted by Crippen LogP contribution is 2.45. The maximum atomic E-state index is 14.2. The van der Waals surface area contributed by atoms with Crippen molar-refractivity contribution in [3.63, 3.8) is 0 Å². The van der Waals surface area contributed by atoms with Gasteiger partial charge >= 0.3 is 17.9 Å². The predicted molar refractivity (Wildman–Crippen MR) is 365 cm³/mol. The number of hydrogen-bond donors (Lipinski definition) is 3. The molecule has 10 aromatic rings. The van der Waals surface area contributed by atoms with E-state index in [2.05, 4.69) is 68.5 Å². The third kappa shape index (κ3) is 15.0. The first-order valence-corrected chi connectivity index (χ1v) is 31.7. The molecule has 0 saturated carbocycles. The molecule has 0 spiro atoms. The number of carbonyl (C=O) groups is 4. The van der Waals surface area contributed by atoms with Gasteiger partial charge in [0, 0.05) is 93.2 Å². The summed E-state index contributed by atoms with van der Waals surface area (Å²) < 4.78 is 116. The van der Waals surface area contributed by atoms with E-state index < -0.39 is 35.4 Å². The van der Waals surface area contributed by atoms with E-state index in [1.807, 2.05) is 20.2 Å². The summed E-state index contributed by atoms with van der Waals surface area (Å²) in [6.07, 6.45) is 8.76. The number of carboxylic acids is 1. The second-order valence-corrected chi connectivity index (χ2v) is 25.1. The largest absolute Gasteiger partial charge is 0.496 e. The first kappa shape index (κ1) is 75.2. The quantitative estimate of drug-likeness (QED) is 0.0641. The number of nitrogens with two attached hydrogens (primary N) is 2. The Bertz CT molecular complexity index is 4400. The molecule has 0 aliphatic heterocycles. The molecule has 0 radical (unpaired) electrons. The van der Waals surface area contributed by atoms with Crippen molar-refractivity contribution < 1.29 is 79.4 Å². The van der Waals surface area contributed by atoms with Gasteiger partial charge in [0.2, 0.25) is 5.91 Å². The molecule has 5 heterocycles. The van der Waals surface area contributed by atoms with Crippen LogP contribution in [-0.2, 0) is 70.3 Å². The van der Waals surface area contributed by atoms with Crippen LogP contribution in [0.1, 0.15) is 79.2 Å². The molecule has 5 N–H and O–H groups in total. The fourth-order valence-corrected chi connectivity index (χ4v) is 13.4. The summed E-state index contributed by atoms with van der Waals surface area (Å²) in [4.78, 5) is 45.7. The summed E-state index contributed by atoms with van der Waals surface area (Å²) in [6, 6.07) is 8.45. The summed E-state index contributed by atoms with van der Waals surface area (Å²) in [5, 5.41) is 12.2.